The largest absolute Gasteiger partial charge is 0.480 e. The Bertz CT molecular complexity index is 1580. The van der Waals surface area contributed by atoms with Crippen LogP contribution >= 0.6 is 12.6 Å². The van der Waals surface area contributed by atoms with E-state index in [4.69, 9.17) is 0 Å². The average Bonchev–Trinajstić information content (AvgIpc) is 3.03. The van der Waals surface area contributed by atoms with Crippen LogP contribution in [0.25, 0.3) is 10.8 Å². The molecule has 0 spiro atoms. The molecule has 0 fully saturated rings. The molecule has 0 saturated heterocycles. The van der Waals surface area contributed by atoms with Crippen LogP contribution in [-0.2, 0) is 34.0 Å². The number of hydrogen-bond acceptors (Lipinski definition) is 9. The SMILES string of the molecule is CC[C@H](C)[C@H](NC(=O)[C@H](C)NC(=O)[C@H](CS)NC(=O)CNS(=O)(=O)c1cccc2c(N(C)C)cccc12)C(=O)N[C@@H](CC(C)C)C(=O)O. The van der Waals surface area contributed by atoms with Crippen molar-refractivity contribution in [1.29, 1.82) is 0 Å². The van der Waals surface area contributed by atoms with E-state index >= 15 is 0 Å². The van der Waals surface area contributed by atoms with Crippen LogP contribution in [-0.4, -0.2) is 93.7 Å². The first-order chi connectivity index (χ1) is 22.4. The number of nitrogens with zero attached hydrogens (tertiary/aromatic N) is 1. The van der Waals surface area contributed by atoms with Crippen LogP contribution in [0.4, 0.5) is 5.69 Å². The molecule has 0 radical (unpaired) electrons. The van der Waals surface area contributed by atoms with Crippen molar-refractivity contribution >= 4 is 68.7 Å². The van der Waals surface area contributed by atoms with Crippen molar-refractivity contribution in [3.63, 3.8) is 0 Å². The van der Waals surface area contributed by atoms with Gasteiger partial charge in [0, 0.05) is 36.3 Å². The van der Waals surface area contributed by atoms with Gasteiger partial charge in [0.05, 0.1) is 11.4 Å². The maximum Gasteiger partial charge on any atom is 0.326 e. The smallest absolute Gasteiger partial charge is 0.326 e. The van der Waals surface area contributed by atoms with Crippen molar-refractivity contribution in [2.45, 2.75) is 76.5 Å². The lowest BCUT2D eigenvalue weighted by Crippen LogP contribution is -2.59. The normalized spacial score (nSPS) is 14.7. The van der Waals surface area contributed by atoms with Crippen molar-refractivity contribution in [2.24, 2.45) is 11.8 Å². The molecule has 2 aromatic carbocycles. The third-order valence-electron chi connectivity index (χ3n) is 7.75. The van der Waals surface area contributed by atoms with Crippen molar-refractivity contribution in [1.82, 2.24) is 26.0 Å². The monoisotopic (exact) mass is 708 g/mol. The molecule has 2 aromatic rings. The fourth-order valence-electron chi connectivity index (χ4n) is 4.88. The molecule has 0 saturated carbocycles. The molecule has 0 aliphatic carbocycles. The number of nitrogens with one attached hydrogen (secondary N) is 5. The molecular weight excluding hydrogens is 661 g/mol. The summed E-state index contributed by atoms with van der Waals surface area (Å²) < 4.78 is 28.6. The topological polar surface area (TPSA) is 203 Å². The summed E-state index contributed by atoms with van der Waals surface area (Å²) in [6.45, 7) is 7.91. The zero-order valence-corrected chi connectivity index (χ0v) is 30.1. The third-order valence-corrected chi connectivity index (χ3v) is 9.58. The Morgan fingerprint density at radius 3 is 2.02 bits per heavy atom. The molecule has 0 bridgehead atoms. The molecular formula is C32H48N6O8S2. The van der Waals surface area contributed by atoms with Gasteiger partial charge in [-0.25, -0.2) is 17.9 Å². The molecule has 2 rings (SSSR count). The minimum absolute atomic E-state index is 0.000427. The number of carbonyl (C=O) groups excluding carboxylic acids is 4. The van der Waals surface area contributed by atoms with E-state index in [0.29, 0.717) is 17.2 Å². The van der Waals surface area contributed by atoms with Crippen LogP contribution in [0.5, 0.6) is 0 Å². The zero-order chi connectivity index (χ0) is 36.3. The predicted octanol–water partition coefficient (Wildman–Crippen LogP) is 1.25. The van der Waals surface area contributed by atoms with Gasteiger partial charge in [-0.05, 0) is 37.3 Å². The molecule has 4 amide bonds. The summed E-state index contributed by atoms with van der Waals surface area (Å²) in [6.07, 6.45) is 0.698. The van der Waals surface area contributed by atoms with Crippen LogP contribution in [0.1, 0.15) is 47.5 Å². The van der Waals surface area contributed by atoms with E-state index in [-0.39, 0.29) is 28.9 Å². The summed E-state index contributed by atoms with van der Waals surface area (Å²) in [4.78, 5) is 65.3. The number of fused-ring (bicyclic) bond motifs is 1. The van der Waals surface area contributed by atoms with E-state index in [1.807, 2.05) is 45.8 Å². The highest BCUT2D eigenvalue weighted by Gasteiger charge is 2.32. The molecule has 0 heterocycles. The molecule has 0 unspecified atom stereocenters. The first-order valence-corrected chi connectivity index (χ1v) is 17.8. The fourth-order valence-corrected chi connectivity index (χ4v) is 6.34. The second-order valence-electron chi connectivity index (χ2n) is 12.3. The molecule has 14 nitrogen and oxygen atoms in total. The van der Waals surface area contributed by atoms with E-state index in [0.717, 1.165) is 5.69 Å². The van der Waals surface area contributed by atoms with Gasteiger partial charge in [0.15, 0.2) is 0 Å². The molecule has 6 N–H and O–H groups in total. The number of carbonyl (C=O) groups is 5. The summed E-state index contributed by atoms with van der Waals surface area (Å²) in [7, 11) is -0.446. The Morgan fingerprint density at radius 1 is 0.833 bits per heavy atom. The lowest BCUT2D eigenvalue weighted by molar-refractivity contribution is -0.143. The minimum Gasteiger partial charge on any atom is -0.480 e. The third kappa shape index (κ3) is 11.1. The van der Waals surface area contributed by atoms with Gasteiger partial charge in [0.25, 0.3) is 0 Å². The number of thiol groups is 1. The van der Waals surface area contributed by atoms with E-state index < -0.39 is 70.3 Å². The first-order valence-electron chi connectivity index (χ1n) is 15.7. The molecule has 0 aliphatic rings. The number of amides is 4. The molecule has 16 heteroatoms. The van der Waals surface area contributed by atoms with Gasteiger partial charge in [-0.15, -0.1) is 0 Å². The lowest BCUT2D eigenvalue weighted by Gasteiger charge is -2.27. The predicted molar refractivity (Wildman–Crippen MR) is 187 cm³/mol. The number of hydrogen-bond donors (Lipinski definition) is 7. The standard InChI is InChI=1S/C32H48N6O8S2/c1-8-19(4)28(31(42)36-23(32(43)44)15-18(2)3)37-29(40)20(5)34-30(41)24(17-47)35-27(39)16-33-48(45,46)26-14-10-11-21-22(26)12-9-13-25(21)38(6)7/h9-14,18-20,23-24,28,33,47H,8,15-17H2,1-7H3,(H,34,41)(H,35,39)(H,36,42)(H,37,40)(H,43,44)/t19-,20-,23-,24-,28-/m0/s1. The first kappa shape index (κ1) is 40.3. The van der Waals surface area contributed by atoms with Gasteiger partial charge in [0.2, 0.25) is 33.7 Å². The second-order valence-corrected chi connectivity index (χ2v) is 14.4. The summed E-state index contributed by atoms with van der Waals surface area (Å²) in [6, 6.07) is 5.54. The number of aliphatic carboxylic acids is 1. The molecule has 0 aliphatic heterocycles. The van der Waals surface area contributed by atoms with Crippen molar-refractivity contribution < 1.29 is 37.5 Å². The van der Waals surface area contributed by atoms with E-state index in [1.54, 1.807) is 31.2 Å². The Kier molecular flexibility index (Phi) is 15.1. The highest BCUT2D eigenvalue weighted by molar-refractivity contribution is 7.89. The number of benzene rings is 2. The van der Waals surface area contributed by atoms with Crippen molar-refractivity contribution in [3.8, 4) is 0 Å². The number of carboxylic acid groups (broad SMARTS) is 1. The maximum absolute atomic E-state index is 13.2. The van der Waals surface area contributed by atoms with Crippen LogP contribution in [0.15, 0.2) is 41.3 Å². The van der Waals surface area contributed by atoms with E-state index in [1.165, 1.54) is 13.0 Å². The molecule has 0 aromatic heterocycles. The Morgan fingerprint density at radius 2 is 1.46 bits per heavy atom. The number of sulfonamides is 1. The van der Waals surface area contributed by atoms with Crippen molar-refractivity contribution in [3.05, 3.63) is 36.4 Å². The van der Waals surface area contributed by atoms with E-state index in [9.17, 15) is 37.5 Å². The van der Waals surface area contributed by atoms with Gasteiger partial charge in [0.1, 0.15) is 24.2 Å². The van der Waals surface area contributed by atoms with Crippen LogP contribution in [0, 0.1) is 11.8 Å². The zero-order valence-electron chi connectivity index (χ0n) is 28.4. The van der Waals surface area contributed by atoms with Gasteiger partial charge < -0.3 is 31.3 Å². The van der Waals surface area contributed by atoms with Gasteiger partial charge in [-0.1, -0.05) is 58.4 Å². The summed E-state index contributed by atoms with van der Waals surface area (Å²) in [5.41, 5.74) is 0.819. The summed E-state index contributed by atoms with van der Waals surface area (Å²) in [5.74, 6) is -4.64. The highest BCUT2D eigenvalue weighted by Crippen LogP contribution is 2.30. The van der Waals surface area contributed by atoms with Gasteiger partial charge in [-0.2, -0.15) is 12.6 Å². The number of carboxylic acids is 1. The lowest BCUT2D eigenvalue weighted by atomic mass is 9.96. The quantitative estimate of drug-likeness (QED) is 0.111. The second kappa shape index (κ2) is 18.0. The maximum atomic E-state index is 13.2. The average molecular weight is 709 g/mol. The van der Waals surface area contributed by atoms with Gasteiger partial charge >= 0.3 is 5.97 Å². The van der Waals surface area contributed by atoms with Gasteiger partial charge in [-0.3, -0.25) is 19.2 Å². The number of anilines is 1. The summed E-state index contributed by atoms with van der Waals surface area (Å²) >= 11 is 4.13. The molecule has 48 heavy (non-hydrogen) atoms. The minimum atomic E-state index is -4.13. The summed E-state index contributed by atoms with van der Waals surface area (Å²) in [5, 5.41) is 20.7. The highest BCUT2D eigenvalue weighted by atomic mass is 32.2. The van der Waals surface area contributed by atoms with Crippen LogP contribution < -0.4 is 30.9 Å². The Balaban J connectivity index is 2.05. The number of rotatable bonds is 18. The molecule has 266 valence electrons. The Labute approximate surface area is 287 Å². The molecule has 5 atom stereocenters. The van der Waals surface area contributed by atoms with E-state index in [2.05, 4.69) is 38.6 Å². The fraction of sp³-hybridized carbons (Fsp3) is 0.531. The van der Waals surface area contributed by atoms with Crippen LogP contribution in [0.2, 0.25) is 0 Å². The van der Waals surface area contributed by atoms with Crippen molar-refractivity contribution in [2.75, 3.05) is 31.3 Å². The Hall–Kier alpha value is -3.89. The van der Waals surface area contributed by atoms with Crippen LogP contribution in [0.3, 0.4) is 0 Å².